The molecular weight excluding hydrogens is 372 g/mol. The lowest BCUT2D eigenvalue weighted by molar-refractivity contribution is -0.0388. The zero-order valence-electron chi connectivity index (χ0n) is 15.5. The number of thiazole rings is 1. The summed E-state index contributed by atoms with van der Waals surface area (Å²) in [6.07, 6.45) is 6.31. The highest BCUT2D eigenvalue weighted by Gasteiger charge is 2.43. The molecule has 2 fully saturated rings. The van der Waals surface area contributed by atoms with Crippen LogP contribution in [0.5, 0.6) is 0 Å². The number of rotatable bonds is 3. The number of hydrogen-bond acceptors (Lipinski definition) is 6. The number of hydrogen-bond donors (Lipinski definition) is 1. The summed E-state index contributed by atoms with van der Waals surface area (Å²) in [7, 11) is 0. The van der Waals surface area contributed by atoms with Crippen LogP contribution in [-0.2, 0) is 4.74 Å². The summed E-state index contributed by atoms with van der Waals surface area (Å²) in [6.45, 7) is 2.16. The van der Waals surface area contributed by atoms with E-state index in [1.807, 2.05) is 46.8 Å². The molecule has 6 nitrogen and oxygen atoms in total. The lowest BCUT2D eigenvalue weighted by atomic mass is 9.87. The van der Waals surface area contributed by atoms with E-state index in [9.17, 15) is 4.79 Å². The number of carbonyl (C=O) groups excluding carboxylic acids is 1. The first kappa shape index (κ1) is 17.6. The van der Waals surface area contributed by atoms with Crippen LogP contribution in [0.25, 0.3) is 10.9 Å². The number of likely N-dealkylation sites (tertiary alicyclic amines) is 1. The maximum Gasteiger partial charge on any atom is 0.253 e. The van der Waals surface area contributed by atoms with Crippen molar-refractivity contribution in [1.82, 2.24) is 14.9 Å². The van der Waals surface area contributed by atoms with Gasteiger partial charge in [0.15, 0.2) is 5.13 Å². The number of fused-ring (bicyclic) bond motifs is 1. The number of nitrogens with zero attached hydrogens (tertiary/aromatic N) is 3. The van der Waals surface area contributed by atoms with Crippen LogP contribution in [0.15, 0.2) is 48.1 Å². The zero-order chi connectivity index (χ0) is 19.0. The van der Waals surface area contributed by atoms with Crippen molar-refractivity contribution in [1.29, 1.82) is 0 Å². The van der Waals surface area contributed by atoms with E-state index in [0.717, 1.165) is 53.9 Å². The summed E-state index contributed by atoms with van der Waals surface area (Å²) in [4.78, 5) is 23.5. The normalized spacial score (nSPS) is 21.3. The summed E-state index contributed by atoms with van der Waals surface area (Å²) >= 11 is 1.61. The Kier molecular flexibility index (Phi) is 4.49. The van der Waals surface area contributed by atoms with Gasteiger partial charge in [-0.3, -0.25) is 9.78 Å². The van der Waals surface area contributed by atoms with Gasteiger partial charge in [0, 0.05) is 41.8 Å². The number of carbonyl (C=O) groups is 1. The number of amides is 1. The molecule has 1 amide bonds. The van der Waals surface area contributed by atoms with Crippen LogP contribution in [0, 0.1) is 0 Å². The van der Waals surface area contributed by atoms with E-state index in [2.05, 4.69) is 15.3 Å². The maximum atomic E-state index is 13.0. The van der Waals surface area contributed by atoms with Crippen LogP contribution in [0.1, 0.15) is 29.6 Å². The minimum Gasteiger partial charge on any atom is -0.373 e. The summed E-state index contributed by atoms with van der Waals surface area (Å²) < 4.78 is 6.20. The Morgan fingerprint density at radius 1 is 1.21 bits per heavy atom. The van der Waals surface area contributed by atoms with Crippen molar-refractivity contribution in [2.75, 3.05) is 25.0 Å². The first-order chi connectivity index (χ1) is 13.7. The van der Waals surface area contributed by atoms with Crippen molar-refractivity contribution in [2.24, 2.45) is 0 Å². The third-order valence-electron chi connectivity index (χ3n) is 5.78. The molecule has 1 spiro atoms. The number of pyridine rings is 1. The van der Waals surface area contributed by atoms with Gasteiger partial charge in [0.2, 0.25) is 0 Å². The van der Waals surface area contributed by atoms with Crippen LogP contribution in [0.2, 0.25) is 0 Å². The second kappa shape index (κ2) is 7.14. The van der Waals surface area contributed by atoms with E-state index in [-0.39, 0.29) is 11.5 Å². The van der Waals surface area contributed by atoms with E-state index in [1.54, 1.807) is 17.5 Å². The van der Waals surface area contributed by atoms with Crippen molar-refractivity contribution in [3.8, 4) is 0 Å². The van der Waals surface area contributed by atoms with Gasteiger partial charge in [0.25, 0.3) is 5.91 Å². The van der Waals surface area contributed by atoms with Gasteiger partial charge in [-0.15, -0.1) is 11.3 Å². The molecule has 1 aromatic carbocycles. The molecule has 7 heteroatoms. The van der Waals surface area contributed by atoms with Gasteiger partial charge < -0.3 is 15.0 Å². The molecule has 0 bridgehead atoms. The molecule has 0 radical (unpaired) electrons. The Morgan fingerprint density at radius 3 is 2.93 bits per heavy atom. The van der Waals surface area contributed by atoms with E-state index in [0.29, 0.717) is 12.6 Å². The van der Waals surface area contributed by atoms with E-state index >= 15 is 0 Å². The molecule has 0 aliphatic carbocycles. The van der Waals surface area contributed by atoms with E-state index < -0.39 is 0 Å². The van der Waals surface area contributed by atoms with Crippen molar-refractivity contribution in [3.05, 3.63) is 53.7 Å². The topological polar surface area (TPSA) is 67.4 Å². The first-order valence-electron chi connectivity index (χ1n) is 9.65. The summed E-state index contributed by atoms with van der Waals surface area (Å²) in [6, 6.07) is 9.92. The third kappa shape index (κ3) is 3.36. The molecule has 2 aromatic heterocycles. The monoisotopic (exact) mass is 394 g/mol. The third-order valence-corrected chi connectivity index (χ3v) is 6.49. The second-order valence-electron chi connectivity index (χ2n) is 7.58. The average molecular weight is 394 g/mol. The van der Waals surface area contributed by atoms with Gasteiger partial charge in [-0.05, 0) is 43.5 Å². The SMILES string of the molecule is O=C(c1ccc2ncccc2c1)N1CCC2(CC1)C[C@@H](Nc1nccs1)CO2. The van der Waals surface area contributed by atoms with Gasteiger partial charge in [-0.2, -0.15) is 0 Å². The standard InChI is InChI=1S/C21H22N4O2S/c26-19(16-3-4-18-15(12-16)2-1-7-22-18)25-9-5-21(6-10-25)13-17(14-27-21)24-20-23-8-11-28-20/h1-4,7-8,11-12,17H,5-6,9-10,13-14H2,(H,23,24)/t17-/m1/s1. The Bertz CT molecular complexity index is 983. The quantitative estimate of drug-likeness (QED) is 0.736. The number of anilines is 1. The van der Waals surface area contributed by atoms with Crippen molar-refractivity contribution >= 4 is 33.3 Å². The highest BCUT2D eigenvalue weighted by Crippen LogP contribution is 2.37. The minimum absolute atomic E-state index is 0.0936. The number of benzene rings is 1. The van der Waals surface area contributed by atoms with Gasteiger partial charge in [-0.25, -0.2) is 4.98 Å². The lowest BCUT2D eigenvalue weighted by Gasteiger charge is -2.38. The Morgan fingerprint density at radius 2 is 2.11 bits per heavy atom. The fourth-order valence-corrected chi connectivity index (χ4v) is 4.87. The molecule has 2 aliphatic heterocycles. The van der Waals surface area contributed by atoms with Crippen LogP contribution in [0.4, 0.5) is 5.13 Å². The smallest absolute Gasteiger partial charge is 0.253 e. The Balaban J connectivity index is 1.22. The molecule has 5 rings (SSSR count). The predicted molar refractivity (Wildman–Crippen MR) is 110 cm³/mol. The number of aromatic nitrogens is 2. The fourth-order valence-electron chi connectivity index (χ4n) is 4.26. The number of piperidine rings is 1. The fraction of sp³-hybridized carbons (Fsp3) is 0.381. The Labute approximate surface area is 167 Å². The van der Waals surface area contributed by atoms with Gasteiger partial charge in [0.1, 0.15) is 0 Å². The molecule has 2 aliphatic rings. The van der Waals surface area contributed by atoms with Crippen LogP contribution < -0.4 is 5.32 Å². The predicted octanol–water partition coefficient (Wildman–Crippen LogP) is 3.57. The molecule has 1 atom stereocenters. The summed E-state index contributed by atoms with van der Waals surface area (Å²) in [5.41, 5.74) is 1.53. The molecule has 0 saturated carbocycles. The molecule has 3 aromatic rings. The zero-order valence-corrected chi connectivity index (χ0v) is 16.3. The molecule has 1 N–H and O–H groups in total. The molecule has 28 heavy (non-hydrogen) atoms. The second-order valence-corrected chi connectivity index (χ2v) is 8.47. The first-order valence-corrected chi connectivity index (χ1v) is 10.5. The summed E-state index contributed by atoms with van der Waals surface area (Å²) in [5, 5.41) is 7.38. The average Bonchev–Trinajstić information content (AvgIpc) is 3.38. The number of ether oxygens (including phenoxy) is 1. The highest BCUT2D eigenvalue weighted by molar-refractivity contribution is 7.13. The lowest BCUT2D eigenvalue weighted by Crippen LogP contribution is -2.46. The van der Waals surface area contributed by atoms with Gasteiger partial charge in [0.05, 0.1) is 23.8 Å². The Hall–Kier alpha value is -2.51. The summed E-state index contributed by atoms with van der Waals surface area (Å²) in [5.74, 6) is 0.0936. The van der Waals surface area contributed by atoms with E-state index in [1.165, 1.54) is 0 Å². The number of nitrogens with one attached hydrogen (secondary N) is 1. The van der Waals surface area contributed by atoms with Crippen LogP contribution >= 0.6 is 11.3 Å². The van der Waals surface area contributed by atoms with Gasteiger partial charge >= 0.3 is 0 Å². The van der Waals surface area contributed by atoms with Crippen molar-refractivity contribution < 1.29 is 9.53 Å². The maximum absolute atomic E-state index is 13.0. The molecule has 4 heterocycles. The molecular formula is C21H22N4O2S. The molecule has 0 unspecified atom stereocenters. The van der Waals surface area contributed by atoms with Gasteiger partial charge in [-0.1, -0.05) is 6.07 Å². The van der Waals surface area contributed by atoms with E-state index in [4.69, 9.17) is 4.74 Å². The van der Waals surface area contributed by atoms with Crippen molar-refractivity contribution in [2.45, 2.75) is 30.9 Å². The molecule has 2 saturated heterocycles. The minimum atomic E-state index is -0.112. The van der Waals surface area contributed by atoms with Crippen LogP contribution in [0.3, 0.4) is 0 Å². The van der Waals surface area contributed by atoms with Crippen molar-refractivity contribution in [3.63, 3.8) is 0 Å². The largest absolute Gasteiger partial charge is 0.373 e. The highest BCUT2D eigenvalue weighted by atomic mass is 32.1. The van der Waals surface area contributed by atoms with Crippen LogP contribution in [-0.4, -0.2) is 52.1 Å². The molecule has 144 valence electrons.